The van der Waals surface area contributed by atoms with Crippen LogP contribution in [0.15, 0.2) is 0 Å². The molecule has 0 aromatic rings. The number of ether oxygens (including phenoxy) is 1. The third kappa shape index (κ3) is 3.42. The Labute approximate surface area is 102 Å². The summed E-state index contributed by atoms with van der Waals surface area (Å²) in [5.41, 5.74) is 5.64. The van der Waals surface area contributed by atoms with Gasteiger partial charge in [0.05, 0.1) is 17.5 Å². The summed E-state index contributed by atoms with van der Waals surface area (Å²) < 4.78 is 5.32. The molecule has 0 aromatic carbocycles. The Balaban J connectivity index is 2.68. The number of thiocarbonyl (C=S) groups is 1. The van der Waals surface area contributed by atoms with Crippen LogP contribution in [0.25, 0.3) is 0 Å². The van der Waals surface area contributed by atoms with Gasteiger partial charge < -0.3 is 15.4 Å². The Morgan fingerprint density at radius 2 is 2.06 bits per heavy atom. The second-order valence-corrected chi connectivity index (χ2v) is 4.89. The highest BCUT2D eigenvalue weighted by Crippen LogP contribution is 2.16. The lowest BCUT2D eigenvalue weighted by molar-refractivity contribution is -0.134. The number of nitrogens with two attached hydrogens (primary N) is 1. The third-order valence-corrected chi connectivity index (χ3v) is 3.03. The Hall–Kier alpha value is -0.680. The maximum atomic E-state index is 12.2. The van der Waals surface area contributed by atoms with Gasteiger partial charge in [-0.1, -0.05) is 26.1 Å². The number of carbonyl (C=O) groups is 1. The maximum absolute atomic E-state index is 12.2. The van der Waals surface area contributed by atoms with Crippen LogP contribution in [0.3, 0.4) is 0 Å². The SMILES string of the molecule is CC(C)C(C(=O)N1CCCOCC1)C(N)=S. The van der Waals surface area contributed by atoms with Gasteiger partial charge in [-0.15, -0.1) is 0 Å². The maximum Gasteiger partial charge on any atom is 0.232 e. The van der Waals surface area contributed by atoms with Gasteiger partial charge in [0.25, 0.3) is 0 Å². The van der Waals surface area contributed by atoms with E-state index < -0.39 is 0 Å². The van der Waals surface area contributed by atoms with E-state index in [1.165, 1.54) is 0 Å². The summed E-state index contributed by atoms with van der Waals surface area (Å²) in [6.07, 6.45) is 0.883. The highest BCUT2D eigenvalue weighted by atomic mass is 32.1. The molecule has 0 saturated carbocycles. The van der Waals surface area contributed by atoms with Gasteiger partial charge >= 0.3 is 0 Å². The Kier molecular flexibility index (Phi) is 5.15. The van der Waals surface area contributed by atoms with Gasteiger partial charge in [-0.2, -0.15) is 0 Å². The predicted molar refractivity (Wildman–Crippen MR) is 67.1 cm³/mol. The first-order valence-electron chi connectivity index (χ1n) is 5.70. The molecule has 1 unspecified atom stereocenters. The van der Waals surface area contributed by atoms with Gasteiger partial charge in [0.1, 0.15) is 0 Å². The van der Waals surface area contributed by atoms with Crippen LogP contribution in [0.4, 0.5) is 0 Å². The number of carbonyl (C=O) groups excluding carboxylic acids is 1. The fraction of sp³-hybridized carbons (Fsp3) is 0.818. The van der Waals surface area contributed by atoms with Crippen molar-refractivity contribution in [1.29, 1.82) is 0 Å². The van der Waals surface area contributed by atoms with Gasteiger partial charge in [0.15, 0.2) is 0 Å². The molecule has 0 aromatic heterocycles. The van der Waals surface area contributed by atoms with Crippen LogP contribution in [0, 0.1) is 11.8 Å². The lowest BCUT2D eigenvalue weighted by Gasteiger charge is -2.27. The molecule has 1 heterocycles. The minimum atomic E-state index is -0.340. The highest BCUT2D eigenvalue weighted by molar-refractivity contribution is 7.80. The van der Waals surface area contributed by atoms with Crippen molar-refractivity contribution in [3.8, 4) is 0 Å². The molecule has 16 heavy (non-hydrogen) atoms. The third-order valence-electron chi connectivity index (χ3n) is 2.77. The van der Waals surface area contributed by atoms with Crippen LogP contribution >= 0.6 is 12.2 Å². The topological polar surface area (TPSA) is 55.6 Å². The zero-order valence-corrected chi connectivity index (χ0v) is 10.8. The summed E-state index contributed by atoms with van der Waals surface area (Å²) in [4.78, 5) is 14.3. The molecule has 0 aliphatic carbocycles. The van der Waals surface area contributed by atoms with Crippen molar-refractivity contribution in [2.45, 2.75) is 20.3 Å². The molecule has 1 amide bonds. The molecule has 1 aliphatic heterocycles. The van der Waals surface area contributed by atoms with Crippen LogP contribution in [0.1, 0.15) is 20.3 Å². The van der Waals surface area contributed by atoms with E-state index in [9.17, 15) is 4.79 Å². The van der Waals surface area contributed by atoms with Crippen LogP contribution in [0.2, 0.25) is 0 Å². The minimum Gasteiger partial charge on any atom is -0.393 e. The van der Waals surface area contributed by atoms with Crippen LogP contribution in [0.5, 0.6) is 0 Å². The van der Waals surface area contributed by atoms with Crippen molar-refractivity contribution in [1.82, 2.24) is 4.90 Å². The molecule has 1 atom stereocenters. The second-order valence-electron chi connectivity index (χ2n) is 4.42. The van der Waals surface area contributed by atoms with Crippen LogP contribution in [-0.2, 0) is 9.53 Å². The first-order chi connectivity index (χ1) is 7.54. The monoisotopic (exact) mass is 244 g/mol. The van der Waals surface area contributed by atoms with E-state index in [1.807, 2.05) is 18.7 Å². The predicted octanol–water partition coefficient (Wildman–Crippen LogP) is 0.794. The largest absolute Gasteiger partial charge is 0.393 e. The molecule has 1 saturated heterocycles. The van der Waals surface area contributed by atoms with Crippen LogP contribution < -0.4 is 5.73 Å². The second kappa shape index (κ2) is 6.15. The normalized spacial score (nSPS) is 19.3. The van der Waals surface area contributed by atoms with Gasteiger partial charge in [-0.05, 0) is 12.3 Å². The molecule has 92 valence electrons. The highest BCUT2D eigenvalue weighted by Gasteiger charge is 2.29. The Morgan fingerprint density at radius 1 is 1.38 bits per heavy atom. The van der Waals surface area contributed by atoms with Crippen molar-refractivity contribution in [3.63, 3.8) is 0 Å². The summed E-state index contributed by atoms with van der Waals surface area (Å²) in [6, 6.07) is 0. The quantitative estimate of drug-likeness (QED) is 0.746. The Morgan fingerprint density at radius 3 is 2.62 bits per heavy atom. The molecule has 1 aliphatic rings. The first kappa shape index (κ1) is 13.4. The molecule has 4 nitrogen and oxygen atoms in total. The van der Waals surface area contributed by atoms with E-state index in [0.29, 0.717) is 18.1 Å². The number of hydrogen-bond acceptors (Lipinski definition) is 3. The summed E-state index contributed by atoms with van der Waals surface area (Å²) in [7, 11) is 0. The minimum absolute atomic E-state index is 0.0491. The zero-order chi connectivity index (χ0) is 12.1. The lowest BCUT2D eigenvalue weighted by Crippen LogP contribution is -2.44. The number of nitrogens with zero attached hydrogens (tertiary/aromatic N) is 1. The molecule has 0 bridgehead atoms. The molecular weight excluding hydrogens is 224 g/mol. The van der Waals surface area contributed by atoms with Gasteiger partial charge in [0.2, 0.25) is 5.91 Å². The fourth-order valence-electron chi connectivity index (χ4n) is 1.90. The molecule has 1 fully saturated rings. The number of rotatable bonds is 3. The molecule has 1 rings (SSSR count). The number of amides is 1. The van der Waals surface area contributed by atoms with Crippen molar-refractivity contribution in [2.75, 3.05) is 26.3 Å². The molecule has 5 heteroatoms. The summed E-state index contributed by atoms with van der Waals surface area (Å²) in [6.45, 7) is 6.65. The average Bonchev–Trinajstić information content (AvgIpc) is 2.43. The fourth-order valence-corrected chi connectivity index (χ4v) is 2.27. The van der Waals surface area contributed by atoms with Gasteiger partial charge in [-0.3, -0.25) is 4.79 Å². The molecule has 0 spiro atoms. The van der Waals surface area contributed by atoms with E-state index in [-0.39, 0.29) is 17.7 Å². The Bertz CT molecular complexity index is 261. The smallest absolute Gasteiger partial charge is 0.232 e. The standard InChI is InChI=1S/C11H20N2O2S/c1-8(2)9(10(12)16)11(14)13-4-3-6-15-7-5-13/h8-9H,3-7H2,1-2H3,(H2,12,16). The summed E-state index contributed by atoms with van der Waals surface area (Å²) >= 11 is 4.97. The lowest BCUT2D eigenvalue weighted by atomic mass is 9.94. The van der Waals surface area contributed by atoms with Crippen molar-refractivity contribution < 1.29 is 9.53 Å². The number of hydrogen-bond donors (Lipinski definition) is 1. The van der Waals surface area contributed by atoms with E-state index in [4.69, 9.17) is 22.7 Å². The zero-order valence-electron chi connectivity index (χ0n) is 9.94. The molecular formula is C11H20N2O2S. The summed E-state index contributed by atoms with van der Waals surface area (Å²) in [5, 5.41) is 0. The van der Waals surface area contributed by atoms with Crippen molar-refractivity contribution >= 4 is 23.1 Å². The van der Waals surface area contributed by atoms with Crippen molar-refractivity contribution in [3.05, 3.63) is 0 Å². The molecule has 2 N–H and O–H groups in total. The summed E-state index contributed by atoms with van der Waals surface area (Å²) in [5.74, 6) is -0.143. The van der Waals surface area contributed by atoms with Gasteiger partial charge in [0, 0.05) is 19.7 Å². The van der Waals surface area contributed by atoms with E-state index in [2.05, 4.69) is 0 Å². The molecule has 0 radical (unpaired) electrons. The van der Waals surface area contributed by atoms with Gasteiger partial charge in [-0.25, -0.2) is 0 Å². The first-order valence-corrected chi connectivity index (χ1v) is 6.10. The van der Waals surface area contributed by atoms with Crippen LogP contribution in [-0.4, -0.2) is 42.1 Å². The van der Waals surface area contributed by atoms with E-state index >= 15 is 0 Å². The van der Waals surface area contributed by atoms with E-state index in [1.54, 1.807) is 0 Å². The van der Waals surface area contributed by atoms with Crippen molar-refractivity contribution in [2.24, 2.45) is 17.6 Å². The average molecular weight is 244 g/mol. The van der Waals surface area contributed by atoms with E-state index in [0.717, 1.165) is 19.6 Å².